The summed E-state index contributed by atoms with van der Waals surface area (Å²) < 4.78 is 10.2. The van der Waals surface area contributed by atoms with Gasteiger partial charge in [0.2, 0.25) is 0 Å². The molecule has 0 saturated heterocycles. The third kappa shape index (κ3) is 4.08. The van der Waals surface area contributed by atoms with Gasteiger partial charge in [0, 0.05) is 17.8 Å². The molecule has 1 N–H and O–H groups in total. The van der Waals surface area contributed by atoms with Crippen molar-refractivity contribution in [2.24, 2.45) is 0 Å². The minimum absolute atomic E-state index is 0.00621. The van der Waals surface area contributed by atoms with E-state index >= 15 is 0 Å². The molecule has 0 atom stereocenters. The summed E-state index contributed by atoms with van der Waals surface area (Å²) >= 11 is 1.36. The average Bonchev–Trinajstić information content (AvgIpc) is 3.01. The summed E-state index contributed by atoms with van der Waals surface area (Å²) in [5.74, 6) is 0.653. The van der Waals surface area contributed by atoms with Gasteiger partial charge in [0.1, 0.15) is 5.75 Å². The van der Waals surface area contributed by atoms with E-state index in [1.807, 2.05) is 31.2 Å². The number of nitrogens with one attached hydrogen (secondary N) is 1. The number of benzene rings is 1. The van der Waals surface area contributed by atoms with Crippen molar-refractivity contribution in [3.05, 3.63) is 40.4 Å². The molecule has 0 radical (unpaired) electrons. The van der Waals surface area contributed by atoms with Gasteiger partial charge in [-0.2, -0.15) is 0 Å². The fourth-order valence-corrected chi connectivity index (χ4v) is 3.56. The Kier molecular flexibility index (Phi) is 5.18. The first-order chi connectivity index (χ1) is 12.1. The van der Waals surface area contributed by atoms with Crippen LogP contribution in [0.2, 0.25) is 0 Å². The number of para-hydroxylation sites is 1. The summed E-state index contributed by atoms with van der Waals surface area (Å²) in [6, 6.07) is 7.61. The number of fused-ring (bicyclic) bond motifs is 1. The number of thiazole rings is 1. The standard InChI is InChI=1S/C17H19N3O4S/c1-11-5-3-4-6-13(11)24-10-15(21)20-8-7-12-14(9-20)25-16(18-12)19-17(22)23-2/h3-6H,7-10H2,1-2H3,(H,18,19,22). The van der Waals surface area contributed by atoms with E-state index in [4.69, 9.17) is 4.74 Å². The van der Waals surface area contributed by atoms with E-state index in [1.54, 1.807) is 4.90 Å². The summed E-state index contributed by atoms with van der Waals surface area (Å²) in [4.78, 5) is 30.8. The van der Waals surface area contributed by atoms with Gasteiger partial charge in [-0.1, -0.05) is 29.5 Å². The van der Waals surface area contributed by atoms with Gasteiger partial charge in [-0.15, -0.1) is 0 Å². The van der Waals surface area contributed by atoms with Crippen LogP contribution >= 0.6 is 11.3 Å². The molecule has 1 aliphatic rings. The molecule has 2 amide bonds. The predicted octanol–water partition coefficient (Wildman–Crippen LogP) is 2.59. The highest BCUT2D eigenvalue weighted by Gasteiger charge is 2.25. The SMILES string of the molecule is COC(=O)Nc1nc2c(s1)CN(C(=O)COc1ccccc1C)CC2. The lowest BCUT2D eigenvalue weighted by Crippen LogP contribution is -2.38. The maximum absolute atomic E-state index is 12.4. The summed E-state index contributed by atoms with van der Waals surface area (Å²) in [6.07, 6.45) is 0.107. The normalized spacial score (nSPS) is 13.1. The monoisotopic (exact) mass is 361 g/mol. The summed E-state index contributed by atoms with van der Waals surface area (Å²) in [7, 11) is 1.30. The molecule has 3 rings (SSSR count). The van der Waals surface area contributed by atoms with Gasteiger partial charge in [-0.05, 0) is 18.6 Å². The zero-order valence-electron chi connectivity index (χ0n) is 14.1. The van der Waals surface area contributed by atoms with Crippen LogP contribution in [0.25, 0.3) is 0 Å². The average molecular weight is 361 g/mol. The van der Waals surface area contributed by atoms with Crippen LogP contribution in [0.1, 0.15) is 16.1 Å². The number of hydrogen-bond acceptors (Lipinski definition) is 6. The number of rotatable bonds is 4. The predicted molar refractivity (Wildman–Crippen MR) is 93.9 cm³/mol. The Bertz CT molecular complexity index is 790. The van der Waals surface area contributed by atoms with Crippen LogP contribution in [0.3, 0.4) is 0 Å². The van der Waals surface area contributed by atoms with Crippen LogP contribution in [0, 0.1) is 6.92 Å². The van der Waals surface area contributed by atoms with Gasteiger partial charge in [0.15, 0.2) is 11.7 Å². The van der Waals surface area contributed by atoms with Crippen molar-refractivity contribution >= 4 is 28.5 Å². The van der Waals surface area contributed by atoms with Gasteiger partial charge in [0.05, 0.1) is 19.3 Å². The summed E-state index contributed by atoms with van der Waals surface area (Å²) in [5, 5.41) is 3.05. The molecule has 0 unspecified atom stereocenters. The zero-order valence-corrected chi connectivity index (χ0v) is 14.9. The number of hydrogen-bond donors (Lipinski definition) is 1. The molecule has 8 heteroatoms. The van der Waals surface area contributed by atoms with E-state index < -0.39 is 6.09 Å². The second-order valence-corrected chi connectivity index (χ2v) is 6.71. The Balaban J connectivity index is 1.59. The van der Waals surface area contributed by atoms with Crippen LogP contribution in [0.15, 0.2) is 24.3 Å². The van der Waals surface area contributed by atoms with E-state index in [-0.39, 0.29) is 12.5 Å². The van der Waals surface area contributed by atoms with Crippen molar-refractivity contribution in [1.29, 1.82) is 0 Å². The number of nitrogens with zero attached hydrogens (tertiary/aromatic N) is 2. The first-order valence-electron chi connectivity index (χ1n) is 7.86. The molecule has 0 aliphatic carbocycles. The lowest BCUT2D eigenvalue weighted by molar-refractivity contribution is -0.134. The molecular weight excluding hydrogens is 342 g/mol. The van der Waals surface area contributed by atoms with Gasteiger partial charge in [0.25, 0.3) is 5.91 Å². The van der Waals surface area contributed by atoms with Crippen molar-refractivity contribution < 1.29 is 19.1 Å². The molecule has 0 saturated carbocycles. The minimum Gasteiger partial charge on any atom is -0.484 e. The van der Waals surface area contributed by atoms with Crippen molar-refractivity contribution in [3.63, 3.8) is 0 Å². The second kappa shape index (κ2) is 7.52. The molecule has 0 bridgehead atoms. The molecule has 1 aromatic carbocycles. The molecule has 0 fully saturated rings. The first-order valence-corrected chi connectivity index (χ1v) is 8.68. The van der Waals surface area contributed by atoms with E-state index in [0.717, 1.165) is 21.9 Å². The fraction of sp³-hybridized carbons (Fsp3) is 0.353. The maximum Gasteiger partial charge on any atom is 0.413 e. The number of carbonyl (C=O) groups excluding carboxylic acids is 2. The first kappa shape index (κ1) is 17.2. The van der Waals surface area contributed by atoms with Gasteiger partial charge >= 0.3 is 6.09 Å². The zero-order chi connectivity index (χ0) is 17.8. The number of methoxy groups -OCH3 is 1. The Morgan fingerprint density at radius 2 is 2.16 bits per heavy atom. The van der Waals surface area contributed by atoms with Gasteiger partial charge in [-0.25, -0.2) is 9.78 Å². The maximum atomic E-state index is 12.4. The highest BCUT2D eigenvalue weighted by atomic mass is 32.1. The molecule has 132 valence electrons. The number of anilines is 1. The molecular formula is C17H19N3O4S. The summed E-state index contributed by atoms with van der Waals surface area (Å²) in [6.45, 7) is 3.02. The Morgan fingerprint density at radius 1 is 1.36 bits per heavy atom. The summed E-state index contributed by atoms with van der Waals surface area (Å²) in [5.41, 5.74) is 1.91. The van der Waals surface area contributed by atoms with Gasteiger partial charge in [-0.3, -0.25) is 10.1 Å². The molecule has 0 spiro atoms. The number of ether oxygens (including phenoxy) is 2. The minimum atomic E-state index is -0.550. The van der Waals surface area contributed by atoms with Crippen LogP contribution in [0.4, 0.5) is 9.93 Å². The Labute approximate surface area is 149 Å². The van der Waals surface area contributed by atoms with E-state index in [0.29, 0.717) is 24.6 Å². The molecule has 1 aromatic heterocycles. The smallest absolute Gasteiger partial charge is 0.413 e. The van der Waals surface area contributed by atoms with Crippen molar-refractivity contribution in [2.45, 2.75) is 19.9 Å². The number of aromatic nitrogens is 1. The van der Waals surface area contributed by atoms with Gasteiger partial charge < -0.3 is 14.4 Å². The largest absolute Gasteiger partial charge is 0.484 e. The Hall–Kier alpha value is -2.61. The number of carbonyl (C=O) groups is 2. The Morgan fingerprint density at radius 3 is 2.92 bits per heavy atom. The highest BCUT2D eigenvalue weighted by Crippen LogP contribution is 2.28. The molecule has 2 heterocycles. The van der Waals surface area contributed by atoms with Crippen LogP contribution in [0.5, 0.6) is 5.75 Å². The third-order valence-corrected chi connectivity index (χ3v) is 4.92. The van der Waals surface area contributed by atoms with Crippen molar-refractivity contribution in [1.82, 2.24) is 9.88 Å². The molecule has 1 aliphatic heterocycles. The van der Waals surface area contributed by atoms with Crippen molar-refractivity contribution in [3.8, 4) is 5.75 Å². The van der Waals surface area contributed by atoms with E-state index in [1.165, 1.54) is 18.4 Å². The molecule has 7 nitrogen and oxygen atoms in total. The van der Waals surface area contributed by atoms with Crippen LogP contribution in [-0.4, -0.2) is 42.1 Å². The van der Waals surface area contributed by atoms with Crippen molar-refractivity contribution in [2.75, 3.05) is 25.6 Å². The van der Waals surface area contributed by atoms with E-state index in [9.17, 15) is 9.59 Å². The van der Waals surface area contributed by atoms with Crippen LogP contribution in [-0.2, 0) is 22.5 Å². The quantitative estimate of drug-likeness (QED) is 0.905. The lowest BCUT2D eigenvalue weighted by Gasteiger charge is -2.26. The highest BCUT2D eigenvalue weighted by molar-refractivity contribution is 7.15. The third-order valence-electron chi connectivity index (χ3n) is 3.92. The fourth-order valence-electron chi connectivity index (χ4n) is 2.55. The number of aryl methyl sites for hydroxylation is 1. The van der Waals surface area contributed by atoms with E-state index in [2.05, 4.69) is 15.0 Å². The number of amides is 2. The van der Waals surface area contributed by atoms with Crippen LogP contribution < -0.4 is 10.1 Å². The molecule has 2 aromatic rings. The lowest BCUT2D eigenvalue weighted by atomic mass is 10.2. The second-order valence-electron chi connectivity index (χ2n) is 5.62. The molecule has 25 heavy (non-hydrogen) atoms. The topological polar surface area (TPSA) is 80.8 Å².